The van der Waals surface area contributed by atoms with Crippen molar-refractivity contribution < 1.29 is 5.11 Å². The highest BCUT2D eigenvalue weighted by Crippen LogP contribution is 2.16. The molecule has 0 bridgehead atoms. The fourth-order valence-electron chi connectivity index (χ4n) is 1.49. The zero-order valence-electron chi connectivity index (χ0n) is 10.2. The second-order valence-corrected chi connectivity index (χ2v) is 3.93. The third-order valence-corrected chi connectivity index (χ3v) is 2.41. The molecule has 5 heteroatoms. The summed E-state index contributed by atoms with van der Waals surface area (Å²) < 4.78 is 0. The Morgan fingerprint density at radius 1 is 1.11 bits per heavy atom. The van der Waals surface area contributed by atoms with Crippen LogP contribution in [0.4, 0.5) is 17.3 Å². The number of hydrogen-bond donors (Lipinski definition) is 3. The molecule has 0 spiro atoms. The van der Waals surface area contributed by atoms with Crippen LogP contribution in [-0.2, 0) is 0 Å². The third kappa shape index (κ3) is 3.43. The summed E-state index contributed by atoms with van der Waals surface area (Å²) in [6.07, 6.45) is 1.48. The van der Waals surface area contributed by atoms with Crippen molar-refractivity contribution in [2.24, 2.45) is 0 Å². The van der Waals surface area contributed by atoms with E-state index in [0.717, 1.165) is 5.69 Å². The first-order valence-electron chi connectivity index (χ1n) is 5.78. The zero-order valence-corrected chi connectivity index (χ0v) is 10.2. The van der Waals surface area contributed by atoms with Gasteiger partial charge in [0.2, 0.25) is 0 Å². The molecule has 1 aromatic carbocycles. The molecule has 0 unspecified atom stereocenters. The topological polar surface area (TPSA) is 70.1 Å². The summed E-state index contributed by atoms with van der Waals surface area (Å²) in [4.78, 5) is 8.20. The van der Waals surface area contributed by atoms with Gasteiger partial charge in [0.15, 0.2) is 0 Å². The van der Waals surface area contributed by atoms with E-state index in [1.807, 2.05) is 31.2 Å². The molecule has 94 valence electrons. The van der Waals surface area contributed by atoms with Crippen molar-refractivity contribution in [2.75, 3.05) is 23.8 Å². The Bertz CT molecular complexity index is 499. The highest BCUT2D eigenvalue weighted by atomic mass is 16.3. The average Bonchev–Trinajstić information content (AvgIpc) is 2.40. The van der Waals surface area contributed by atoms with Crippen LogP contribution in [0.5, 0.6) is 0 Å². The van der Waals surface area contributed by atoms with E-state index in [1.165, 1.54) is 11.9 Å². The lowest BCUT2D eigenvalue weighted by Gasteiger charge is -2.08. The van der Waals surface area contributed by atoms with Crippen molar-refractivity contribution in [3.8, 4) is 0 Å². The van der Waals surface area contributed by atoms with Crippen molar-refractivity contribution in [1.29, 1.82) is 0 Å². The molecule has 0 fully saturated rings. The van der Waals surface area contributed by atoms with E-state index < -0.39 is 0 Å². The van der Waals surface area contributed by atoms with E-state index in [0.29, 0.717) is 18.2 Å². The first kappa shape index (κ1) is 12.3. The van der Waals surface area contributed by atoms with E-state index in [4.69, 9.17) is 5.11 Å². The smallest absolute Gasteiger partial charge is 0.135 e. The van der Waals surface area contributed by atoms with Crippen LogP contribution in [0.25, 0.3) is 0 Å². The SMILES string of the molecule is Cc1ccc(Nc2cc(NCCO)ncn2)cc1. The molecule has 5 nitrogen and oxygen atoms in total. The largest absolute Gasteiger partial charge is 0.395 e. The van der Waals surface area contributed by atoms with Crippen LogP contribution >= 0.6 is 0 Å². The number of anilines is 3. The minimum atomic E-state index is 0.0741. The molecule has 0 amide bonds. The fourth-order valence-corrected chi connectivity index (χ4v) is 1.49. The van der Waals surface area contributed by atoms with Gasteiger partial charge in [0.25, 0.3) is 0 Å². The second kappa shape index (κ2) is 5.97. The van der Waals surface area contributed by atoms with Crippen LogP contribution in [0, 0.1) is 6.92 Å². The van der Waals surface area contributed by atoms with Crippen LogP contribution in [0.3, 0.4) is 0 Å². The van der Waals surface area contributed by atoms with Gasteiger partial charge in [-0.05, 0) is 19.1 Å². The van der Waals surface area contributed by atoms with Crippen LogP contribution in [0.2, 0.25) is 0 Å². The maximum atomic E-state index is 8.74. The predicted molar refractivity (Wildman–Crippen MR) is 72.1 cm³/mol. The minimum absolute atomic E-state index is 0.0741. The van der Waals surface area contributed by atoms with E-state index in [2.05, 4.69) is 20.6 Å². The van der Waals surface area contributed by atoms with Crippen molar-refractivity contribution in [3.05, 3.63) is 42.2 Å². The summed E-state index contributed by atoms with van der Waals surface area (Å²) >= 11 is 0. The van der Waals surface area contributed by atoms with Crippen LogP contribution < -0.4 is 10.6 Å². The molecule has 0 aliphatic heterocycles. The summed E-state index contributed by atoms with van der Waals surface area (Å²) in [6, 6.07) is 9.87. The van der Waals surface area contributed by atoms with Gasteiger partial charge >= 0.3 is 0 Å². The molecule has 0 saturated carbocycles. The molecule has 0 aliphatic carbocycles. The zero-order chi connectivity index (χ0) is 12.8. The van der Waals surface area contributed by atoms with Crippen LogP contribution in [0.15, 0.2) is 36.7 Å². The molecule has 3 N–H and O–H groups in total. The highest BCUT2D eigenvalue weighted by molar-refractivity contribution is 5.58. The van der Waals surface area contributed by atoms with E-state index in [1.54, 1.807) is 6.07 Å². The number of rotatable bonds is 5. The lowest BCUT2D eigenvalue weighted by atomic mass is 10.2. The molecular weight excluding hydrogens is 228 g/mol. The Labute approximate surface area is 106 Å². The van der Waals surface area contributed by atoms with Gasteiger partial charge in [-0.25, -0.2) is 9.97 Å². The lowest BCUT2D eigenvalue weighted by molar-refractivity contribution is 0.311. The molecule has 2 rings (SSSR count). The van der Waals surface area contributed by atoms with Gasteiger partial charge in [-0.1, -0.05) is 17.7 Å². The molecule has 1 aromatic heterocycles. The average molecular weight is 244 g/mol. The summed E-state index contributed by atoms with van der Waals surface area (Å²) in [5, 5.41) is 14.9. The van der Waals surface area contributed by atoms with E-state index in [9.17, 15) is 0 Å². The van der Waals surface area contributed by atoms with Crippen molar-refractivity contribution in [3.63, 3.8) is 0 Å². The second-order valence-electron chi connectivity index (χ2n) is 3.93. The first-order chi connectivity index (χ1) is 8.78. The molecule has 1 heterocycles. The lowest BCUT2D eigenvalue weighted by Crippen LogP contribution is -2.07. The molecule has 0 atom stereocenters. The minimum Gasteiger partial charge on any atom is -0.395 e. The predicted octanol–water partition coefficient (Wildman–Crippen LogP) is 1.93. The number of aryl methyl sites for hydroxylation is 1. The first-order valence-corrected chi connectivity index (χ1v) is 5.78. The highest BCUT2D eigenvalue weighted by Gasteiger charge is 1.99. The maximum absolute atomic E-state index is 8.74. The molecule has 0 radical (unpaired) electrons. The molecule has 18 heavy (non-hydrogen) atoms. The molecule has 2 aromatic rings. The van der Waals surface area contributed by atoms with Crippen LogP contribution in [-0.4, -0.2) is 28.2 Å². The van der Waals surface area contributed by atoms with Gasteiger partial charge in [0, 0.05) is 18.3 Å². The number of aromatic nitrogens is 2. The summed E-state index contributed by atoms with van der Waals surface area (Å²) in [5.41, 5.74) is 2.20. The van der Waals surface area contributed by atoms with Gasteiger partial charge in [0.1, 0.15) is 18.0 Å². The number of nitrogens with zero attached hydrogens (tertiary/aromatic N) is 2. The molecular formula is C13H16N4O. The van der Waals surface area contributed by atoms with E-state index in [-0.39, 0.29) is 6.61 Å². The van der Waals surface area contributed by atoms with Gasteiger partial charge in [-0.3, -0.25) is 0 Å². The number of aliphatic hydroxyl groups excluding tert-OH is 1. The van der Waals surface area contributed by atoms with Crippen molar-refractivity contribution >= 4 is 17.3 Å². The molecule has 0 saturated heterocycles. The Balaban J connectivity index is 2.06. The standard InChI is InChI=1S/C13H16N4O/c1-10-2-4-11(5-3-10)17-13-8-12(14-6-7-18)15-9-16-13/h2-5,8-9,18H,6-7H2,1H3,(H2,14,15,16,17). The maximum Gasteiger partial charge on any atom is 0.135 e. The van der Waals surface area contributed by atoms with Gasteiger partial charge < -0.3 is 15.7 Å². The summed E-state index contributed by atoms with van der Waals surface area (Å²) in [6.45, 7) is 2.59. The summed E-state index contributed by atoms with van der Waals surface area (Å²) in [7, 11) is 0. The monoisotopic (exact) mass is 244 g/mol. The Morgan fingerprint density at radius 3 is 2.56 bits per heavy atom. The Hall–Kier alpha value is -2.14. The van der Waals surface area contributed by atoms with Gasteiger partial charge in [-0.2, -0.15) is 0 Å². The van der Waals surface area contributed by atoms with Gasteiger partial charge in [0.05, 0.1) is 6.61 Å². The summed E-state index contributed by atoms with van der Waals surface area (Å²) in [5.74, 6) is 1.41. The molecule has 0 aliphatic rings. The van der Waals surface area contributed by atoms with Crippen molar-refractivity contribution in [1.82, 2.24) is 9.97 Å². The Morgan fingerprint density at radius 2 is 1.83 bits per heavy atom. The van der Waals surface area contributed by atoms with Crippen molar-refractivity contribution in [2.45, 2.75) is 6.92 Å². The quantitative estimate of drug-likeness (QED) is 0.749. The van der Waals surface area contributed by atoms with Gasteiger partial charge in [-0.15, -0.1) is 0 Å². The Kier molecular flexibility index (Phi) is 4.09. The number of aliphatic hydroxyl groups is 1. The number of hydrogen-bond acceptors (Lipinski definition) is 5. The van der Waals surface area contributed by atoms with E-state index >= 15 is 0 Å². The number of nitrogens with one attached hydrogen (secondary N) is 2. The fraction of sp³-hybridized carbons (Fsp3) is 0.231. The normalized spacial score (nSPS) is 10.1. The van der Waals surface area contributed by atoms with Crippen LogP contribution in [0.1, 0.15) is 5.56 Å². The number of benzene rings is 1. The third-order valence-electron chi connectivity index (χ3n) is 2.41.